The molecule has 1 aliphatic rings. The molecule has 0 atom stereocenters. The van der Waals surface area contributed by atoms with Crippen LogP contribution in [0.3, 0.4) is 0 Å². The number of nitrogens with one attached hydrogen (secondary N) is 1. The number of fused-ring (bicyclic) bond motifs is 1. The maximum atomic E-state index is 12.7. The van der Waals surface area contributed by atoms with E-state index in [1.165, 1.54) is 10.9 Å². The molecule has 2 aromatic heterocycles. The first kappa shape index (κ1) is 20.6. The van der Waals surface area contributed by atoms with E-state index in [4.69, 9.17) is 0 Å². The molecule has 162 valence electrons. The molecule has 3 aromatic rings. The van der Waals surface area contributed by atoms with Gasteiger partial charge >= 0.3 is 6.18 Å². The number of hydrogen-bond donors (Lipinski definition) is 1. The third-order valence-corrected chi connectivity index (χ3v) is 4.92. The number of amides is 1. The summed E-state index contributed by atoms with van der Waals surface area (Å²) in [5, 5.41) is 6.70. The van der Waals surface area contributed by atoms with Crippen LogP contribution in [-0.2, 0) is 17.5 Å². The SMILES string of the molecule is CCN1C(=O)CN(C)c2nc(NCc3ccc(-n4ccc(C(F)(F)F)n4)cc3)ncc21. The number of nitrogens with zero attached hydrogens (tertiary/aromatic N) is 6. The molecular formula is C20H20F3N7O. The van der Waals surface area contributed by atoms with Gasteiger partial charge in [0.2, 0.25) is 11.9 Å². The fourth-order valence-electron chi connectivity index (χ4n) is 3.33. The Morgan fingerprint density at radius 1 is 1.16 bits per heavy atom. The molecule has 0 saturated heterocycles. The second kappa shape index (κ2) is 7.89. The summed E-state index contributed by atoms with van der Waals surface area (Å²) >= 11 is 0. The maximum absolute atomic E-state index is 12.7. The third-order valence-electron chi connectivity index (χ3n) is 4.92. The highest BCUT2D eigenvalue weighted by Crippen LogP contribution is 2.31. The van der Waals surface area contributed by atoms with Crippen LogP contribution in [0.25, 0.3) is 5.69 Å². The van der Waals surface area contributed by atoms with Crippen LogP contribution in [0.4, 0.5) is 30.6 Å². The second-order valence-corrected chi connectivity index (χ2v) is 7.06. The van der Waals surface area contributed by atoms with E-state index in [-0.39, 0.29) is 12.5 Å². The Morgan fingerprint density at radius 3 is 2.55 bits per heavy atom. The first-order valence-corrected chi connectivity index (χ1v) is 9.61. The van der Waals surface area contributed by atoms with Crippen molar-refractivity contribution in [3.05, 3.63) is 54.0 Å². The molecule has 31 heavy (non-hydrogen) atoms. The van der Waals surface area contributed by atoms with Crippen LogP contribution in [0.1, 0.15) is 18.2 Å². The quantitative estimate of drug-likeness (QED) is 0.669. The molecule has 0 saturated carbocycles. The summed E-state index contributed by atoms with van der Waals surface area (Å²) in [4.78, 5) is 24.4. The number of carbonyl (C=O) groups excluding carboxylic acids is 1. The Morgan fingerprint density at radius 2 is 1.90 bits per heavy atom. The number of carbonyl (C=O) groups is 1. The van der Waals surface area contributed by atoms with Crippen molar-refractivity contribution in [2.75, 3.05) is 35.3 Å². The second-order valence-electron chi connectivity index (χ2n) is 7.06. The Balaban J connectivity index is 1.45. The molecule has 1 N–H and O–H groups in total. The lowest BCUT2D eigenvalue weighted by atomic mass is 10.2. The van der Waals surface area contributed by atoms with Crippen molar-refractivity contribution in [1.29, 1.82) is 0 Å². The average Bonchev–Trinajstić information content (AvgIpc) is 3.24. The van der Waals surface area contributed by atoms with Crippen molar-refractivity contribution in [2.24, 2.45) is 0 Å². The lowest BCUT2D eigenvalue weighted by Crippen LogP contribution is -2.44. The minimum Gasteiger partial charge on any atom is -0.350 e. The van der Waals surface area contributed by atoms with Crippen LogP contribution in [0.2, 0.25) is 0 Å². The molecule has 0 spiro atoms. The van der Waals surface area contributed by atoms with Gasteiger partial charge in [-0.15, -0.1) is 0 Å². The molecule has 4 rings (SSSR count). The molecule has 0 unspecified atom stereocenters. The fraction of sp³-hybridized carbons (Fsp3) is 0.300. The number of rotatable bonds is 5. The molecule has 8 nitrogen and oxygen atoms in total. The summed E-state index contributed by atoms with van der Waals surface area (Å²) in [6.07, 6.45) is -1.57. The van der Waals surface area contributed by atoms with Gasteiger partial charge in [-0.3, -0.25) is 4.79 Å². The fourth-order valence-corrected chi connectivity index (χ4v) is 3.33. The smallest absolute Gasteiger partial charge is 0.350 e. The molecule has 0 fully saturated rings. The van der Waals surface area contributed by atoms with E-state index in [0.29, 0.717) is 36.2 Å². The Labute approximate surface area is 176 Å². The van der Waals surface area contributed by atoms with Gasteiger partial charge in [-0.1, -0.05) is 12.1 Å². The van der Waals surface area contributed by atoms with Crippen LogP contribution < -0.4 is 15.1 Å². The standard InChI is InChI=1S/C20H20F3N7O/c1-3-29-15-11-25-19(26-18(15)28(2)12-17(29)31)24-10-13-4-6-14(7-5-13)30-9-8-16(27-30)20(21,22)23/h4-9,11H,3,10,12H2,1-2H3,(H,24,25,26). The number of hydrogen-bond acceptors (Lipinski definition) is 6. The van der Waals surface area contributed by atoms with E-state index in [9.17, 15) is 18.0 Å². The van der Waals surface area contributed by atoms with E-state index in [1.807, 2.05) is 6.92 Å². The van der Waals surface area contributed by atoms with Crippen LogP contribution >= 0.6 is 0 Å². The van der Waals surface area contributed by atoms with Gasteiger partial charge in [0.05, 0.1) is 18.4 Å². The molecule has 3 heterocycles. The number of benzene rings is 1. The Kier molecular flexibility index (Phi) is 5.25. The van der Waals surface area contributed by atoms with Crippen molar-refractivity contribution in [3.63, 3.8) is 0 Å². The lowest BCUT2D eigenvalue weighted by molar-refractivity contribution is -0.141. The summed E-state index contributed by atoms with van der Waals surface area (Å²) < 4.78 is 39.3. The number of aromatic nitrogens is 4. The van der Waals surface area contributed by atoms with E-state index in [2.05, 4.69) is 20.4 Å². The predicted molar refractivity (Wildman–Crippen MR) is 109 cm³/mol. The predicted octanol–water partition coefficient (Wildman–Crippen LogP) is 3.10. The molecule has 0 aliphatic carbocycles. The van der Waals surface area contributed by atoms with Crippen LogP contribution in [0.15, 0.2) is 42.7 Å². The zero-order chi connectivity index (χ0) is 22.2. The van der Waals surface area contributed by atoms with Crippen molar-refractivity contribution < 1.29 is 18.0 Å². The average molecular weight is 431 g/mol. The monoisotopic (exact) mass is 431 g/mol. The highest BCUT2D eigenvalue weighted by molar-refractivity contribution is 6.02. The van der Waals surface area contributed by atoms with Gasteiger partial charge in [-0.05, 0) is 30.7 Å². The molecular weight excluding hydrogens is 411 g/mol. The summed E-state index contributed by atoms with van der Waals surface area (Å²) in [5.74, 6) is 1.09. The third kappa shape index (κ3) is 4.16. The number of anilines is 3. The normalized spacial score (nSPS) is 14.0. The van der Waals surface area contributed by atoms with Crippen LogP contribution in [0.5, 0.6) is 0 Å². The van der Waals surface area contributed by atoms with Gasteiger partial charge in [0, 0.05) is 26.3 Å². The van der Waals surface area contributed by atoms with Gasteiger partial charge < -0.3 is 15.1 Å². The molecule has 1 aliphatic heterocycles. The van der Waals surface area contributed by atoms with Gasteiger partial charge in [0.25, 0.3) is 0 Å². The highest BCUT2D eigenvalue weighted by Gasteiger charge is 2.33. The zero-order valence-electron chi connectivity index (χ0n) is 16.9. The van der Waals surface area contributed by atoms with Crippen LogP contribution in [0, 0.1) is 0 Å². The minimum absolute atomic E-state index is 0.00133. The van der Waals surface area contributed by atoms with Crippen LogP contribution in [-0.4, -0.2) is 45.8 Å². The van der Waals surface area contributed by atoms with E-state index >= 15 is 0 Å². The highest BCUT2D eigenvalue weighted by atomic mass is 19.4. The first-order chi connectivity index (χ1) is 14.8. The number of halogens is 3. The first-order valence-electron chi connectivity index (χ1n) is 9.61. The van der Waals surface area contributed by atoms with E-state index in [1.54, 1.807) is 47.3 Å². The summed E-state index contributed by atoms with van der Waals surface area (Å²) in [7, 11) is 1.80. The number of alkyl halides is 3. The topological polar surface area (TPSA) is 79.2 Å². The van der Waals surface area contributed by atoms with Gasteiger partial charge in [-0.2, -0.15) is 23.3 Å². The Bertz CT molecular complexity index is 1090. The van der Waals surface area contributed by atoms with E-state index in [0.717, 1.165) is 11.6 Å². The summed E-state index contributed by atoms with van der Waals surface area (Å²) in [6.45, 7) is 3.12. The molecule has 1 amide bonds. The van der Waals surface area contributed by atoms with Gasteiger partial charge in [-0.25, -0.2) is 9.67 Å². The molecule has 11 heteroatoms. The van der Waals surface area contributed by atoms with Crippen molar-refractivity contribution in [2.45, 2.75) is 19.6 Å². The van der Waals surface area contributed by atoms with Crippen molar-refractivity contribution in [1.82, 2.24) is 19.7 Å². The summed E-state index contributed by atoms with van der Waals surface area (Å²) in [5.41, 5.74) is 1.16. The Hall–Kier alpha value is -3.63. The molecule has 0 radical (unpaired) electrons. The summed E-state index contributed by atoms with van der Waals surface area (Å²) in [6, 6.07) is 7.90. The van der Waals surface area contributed by atoms with Gasteiger partial charge in [0.15, 0.2) is 11.5 Å². The lowest BCUT2D eigenvalue weighted by Gasteiger charge is -2.33. The largest absolute Gasteiger partial charge is 0.435 e. The van der Waals surface area contributed by atoms with Crippen molar-refractivity contribution in [3.8, 4) is 5.69 Å². The molecule has 1 aromatic carbocycles. The van der Waals surface area contributed by atoms with Crippen molar-refractivity contribution >= 4 is 23.4 Å². The number of likely N-dealkylation sites (N-methyl/N-ethyl adjacent to an activating group) is 2. The van der Waals surface area contributed by atoms with E-state index < -0.39 is 11.9 Å². The van der Waals surface area contributed by atoms with Gasteiger partial charge in [0.1, 0.15) is 5.69 Å². The minimum atomic E-state index is -4.47. The molecule has 0 bridgehead atoms. The maximum Gasteiger partial charge on any atom is 0.435 e. The zero-order valence-corrected chi connectivity index (χ0v) is 16.9.